The third-order valence-electron chi connectivity index (χ3n) is 2.77. The summed E-state index contributed by atoms with van der Waals surface area (Å²) in [6.45, 7) is 4.09. The minimum absolute atomic E-state index is 0.516. The van der Waals surface area contributed by atoms with Gasteiger partial charge in [0, 0.05) is 4.47 Å². The molecule has 2 aromatic carbocycles. The van der Waals surface area contributed by atoms with Crippen LogP contribution in [0.2, 0.25) is 0 Å². The first-order valence-corrected chi connectivity index (χ1v) is 6.34. The first-order valence-electron chi connectivity index (χ1n) is 5.55. The van der Waals surface area contributed by atoms with Crippen LogP contribution in [0.4, 0.5) is 0 Å². The van der Waals surface area contributed by atoms with E-state index in [4.69, 9.17) is 10.00 Å². The molecule has 18 heavy (non-hydrogen) atoms. The zero-order valence-electron chi connectivity index (χ0n) is 10.2. The summed E-state index contributed by atoms with van der Waals surface area (Å²) in [7, 11) is 0. The third-order valence-corrected chi connectivity index (χ3v) is 3.26. The van der Waals surface area contributed by atoms with Gasteiger partial charge in [0.1, 0.15) is 17.6 Å². The van der Waals surface area contributed by atoms with Gasteiger partial charge in [0.15, 0.2) is 0 Å². The van der Waals surface area contributed by atoms with Crippen molar-refractivity contribution in [2.45, 2.75) is 13.8 Å². The maximum atomic E-state index is 9.07. The number of nitriles is 1. The summed E-state index contributed by atoms with van der Waals surface area (Å²) < 4.78 is 6.61. The van der Waals surface area contributed by atoms with Crippen molar-refractivity contribution >= 4 is 15.9 Å². The maximum absolute atomic E-state index is 9.07. The Hall–Kier alpha value is -1.79. The van der Waals surface area contributed by atoms with E-state index in [2.05, 4.69) is 28.9 Å². The molecule has 0 saturated heterocycles. The molecule has 2 rings (SSSR count). The zero-order chi connectivity index (χ0) is 13.1. The Morgan fingerprint density at radius 3 is 2.50 bits per heavy atom. The molecule has 0 fully saturated rings. The SMILES string of the molecule is Cc1ccc(Oc2ccc(Br)cc2C#N)cc1C. The van der Waals surface area contributed by atoms with Gasteiger partial charge in [-0.15, -0.1) is 0 Å². The Morgan fingerprint density at radius 2 is 1.83 bits per heavy atom. The molecule has 0 amide bonds. The number of benzene rings is 2. The summed E-state index contributed by atoms with van der Waals surface area (Å²) in [5.41, 5.74) is 2.91. The van der Waals surface area contributed by atoms with Crippen LogP contribution in [0.5, 0.6) is 11.5 Å². The molecule has 0 N–H and O–H groups in total. The molecule has 0 aliphatic heterocycles. The largest absolute Gasteiger partial charge is 0.456 e. The predicted octanol–water partition coefficient (Wildman–Crippen LogP) is 4.73. The number of hydrogen-bond donors (Lipinski definition) is 0. The Kier molecular flexibility index (Phi) is 3.69. The van der Waals surface area contributed by atoms with Gasteiger partial charge in [-0.1, -0.05) is 22.0 Å². The highest BCUT2D eigenvalue weighted by atomic mass is 79.9. The van der Waals surface area contributed by atoms with Crippen molar-refractivity contribution in [2.24, 2.45) is 0 Å². The van der Waals surface area contributed by atoms with Crippen molar-refractivity contribution in [3.63, 3.8) is 0 Å². The normalized spacial score (nSPS) is 9.89. The average Bonchev–Trinajstić information content (AvgIpc) is 2.36. The van der Waals surface area contributed by atoms with E-state index in [9.17, 15) is 0 Å². The minimum Gasteiger partial charge on any atom is -0.456 e. The van der Waals surface area contributed by atoms with Gasteiger partial charge in [0.2, 0.25) is 0 Å². The molecule has 2 nitrogen and oxygen atoms in total. The highest BCUT2D eigenvalue weighted by Crippen LogP contribution is 2.28. The molecule has 2 aromatic rings. The van der Waals surface area contributed by atoms with E-state index in [1.54, 1.807) is 12.1 Å². The van der Waals surface area contributed by atoms with Gasteiger partial charge in [-0.3, -0.25) is 0 Å². The highest BCUT2D eigenvalue weighted by molar-refractivity contribution is 9.10. The van der Waals surface area contributed by atoms with Crippen LogP contribution in [0.15, 0.2) is 40.9 Å². The number of aryl methyl sites for hydroxylation is 2. The van der Waals surface area contributed by atoms with Crippen molar-refractivity contribution < 1.29 is 4.74 Å². The smallest absolute Gasteiger partial charge is 0.145 e. The number of ether oxygens (including phenoxy) is 1. The van der Waals surface area contributed by atoms with Crippen molar-refractivity contribution in [2.75, 3.05) is 0 Å². The van der Waals surface area contributed by atoms with Gasteiger partial charge >= 0.3 is 0 Å². The van der Waals surface area contributed by atoms with E-state index in [1.165, 1.54) is 11.1 Å². The van der Waals surface area contributed by atoms with Gasteiger partial charge in [0.05, 0.1) is 5.56 Å². The Morgan fingerprint density at radius 1 is 1.06 bits per heavy atom. The first-order chi connectivity index (χ1) is 8.60. The fourth-order valence-corrected chi connectivity index (χ4v) is 1.94. The first kappa shape index (κ1) is 12.7. The van der Waals surface area contributed by atoms with Gasteiger partial charge in [-0.2, -0.15) is 5.26 Å². The van der Waals surface area contributed by atoms with Gasteiger partial charge < -0.3 is 4.74 Å². The van der Waals surface area contributed by atoms with Crippen LogP contribution >= 0.6 is 15.9 Å². The zero-order valence-corrected chi connectivity index (χ0v) is 11.8. The fourth-order valence-electron chi connectivity index (χ4n) is 1.58. The van der Waals surface area contributed by atoms with Crippen LogP contribution in [0, 0.1) is 25.2 Å². The lowest BCUT2D eigenvalue weighted by molar-refractivity contribution is 0.480. The monoisotopic (exact) mass is 301 g/mol. The molecule has 0 saturated carbocycles. The lowest BCUT2D eigenvalue weighted by Crippen LogP contribution is -1.90. The molecule has 0 atom stereocenters. The number of rotatable bonds is 2. The molecule has 90 valence electrons. The van der Waals surface area contributed by atoms with Crippen LogP contribution < -0.4 is 4.74 Å². The summed E-state index contributed by atoms with van der Waals surface area (Å²) in [6, 6.07) is 13.4. The van der Waals surface area contributed by atoms with Crippen molar-refractivity contribution in [1.29, 1.82) is 5.26 Å². The molecular formula is C15H12BrNO. The molecule has 0 aliphatic rings. The second-order valence-corrected chi connectivity index (χ2v) is 5.02. The summed E-state index contributed by atoms with van der Waals surface area (Å²) in [4.78, 5) is 0. The van der Waals surface area contributed by atoms with E-state index in [-0.39, 0.29) is 0 Å². The van der Waals surface area contributed by atoms with E-state index in [0.29, 0.717) is 11.3 Å². The molecule has 0 unspecified atom stereocenters. The number of halogens is 1. The van der Waals surface area contributed by atoms with E-state index >= 15 is 0 Å². The minimum atomic E-state index is 0.516. The molecule has 0 aromatic heterocycles. The van der Waals surface area contributed by atoms with Crippen LogP contribution in [-0.2, 0) is 0 Å². The third kappa shape index (κ3) is 2.72. The summed E-state index contributed by atoms with van der Waals surface area (Å²) in [6.07, 6.45) is 0. The van der Waals surface area contributed by atoms with Gasteiger partial charge in [-0.05, 0) is 55.3 Å². The van der Waals surface area contributed by atoms with E-state index in [0.717, 1.165) is 10.2 Å². The van der Waals surface area contributed by atoms with Crippen LogP contribution in [0.3, 0.4) is 0 Å². The number of nitrogens with zero attached hydrogens (tertiary/aromatic N) is 1. The molecule has 3 heteroatoms. The lowest BCUT2D eigenvalue weighted by atomic mass is 10.1. The number of hydrogen-bond acceptors (Lipinski definition) is 2. The topological polar surface area (TPSA) is 33.0 Å². The van der Waals surface area contributed by atoms with Gasteiger partial charge in [0.25, 0.3) is 0 Å². The summed E-state index contributed by atoms with van der Waals surface area (Å²) >= 11 is 3.34. The molecule has 0 bridgehead atoms. The average molecular weight is 302 g/mol. The molecule has 0 spiro atoms. The van der Waals surface area contributed by atoms with Crippen LogP contribution in [0.25, 0.3) is 0 Å². The van der Waals surface area contributed by atoms with Crippen molar-refractivity contribution in [3.8, 4) is 17.6 Å². The Balaban J connectivity index is 2.34. The standard InChI is InChI=1S/C15H12BrNO/c1-10-3-5-14(7-11(10)2)18-15-6-4-13(16)8-12(15)9-17/h3-8H,1-2H3. The maximum Gasteiger partial charge on any atom is 0.145 e. The lowest BCUT2D eigenvalue weighted by Gasteiger charge is -2.09. The van der Waals surface area contributed by atoms with Crippen molar-refractivity contribution in [3.05, 3.63) is 57.6 Å². The molecule has 0 radical (unpaired) electrons. The highest BCUT2D eigenvalue weighted by Gasteiger charge is 2.06. The Bertz CT molecular complexity index is 629. The quantitative estimate of drug-likeness (QED) is 0.803. The van der Waals surface area contributed by atoms with E-state index < -0.39 is 0 Å². The Labute approximate surface area is 115 Å². The molecular weight excluding hydrogens is 290 g/mol. The van der Waals surface area contributed by atoms with Gasteiger partial charge in [-0.25, -0.2) is 0 Å². The van der Waals surface area contributed by atoms with Crippen LogP contribution in [-0.4, -0.2) is 0 Å². The predicted molar refractivity (Wildman–Crippen MR) is 74.8 cm³/mol. The second-order valence-electron chi connectivity index (χ2n) is 4.10. The molecule has 0 heterocycles. The van der Waals surface area contributed by atoms with Crippen molar-refractivity contribution in [1.82, 2.24) is 0 Å². The van der Waals surface area contributed by atoms with Crippen LogP contribution in [0.1, 0.15) is 16.7 Å². The van der Waals surface area contributed by atoms with E-state index in [1.807, 2.05) is 31.2 Å². The summed E-state index contributed by atoms with van der Waals surface area (Å²) in [5, 5.41) is 9.07. The second kappa shape index (κ2) is 5.24. The fraction of sp³-hybridized carbons (Fsp3) is 0.133. The summed E-state index contributed by atoms with van der Waals surface area (Å²) in [5.74, 6) is 1.32. The molecule has 0 aliphatic carbocycles.